The molecule has 148 valence electrons. The Labute approximate surface area is 172 Å². The van der Waals surface area contributed by atoms with Crippen LogP contribution in [-0.4, -0.2) is 20.3 Å². The highest BCUT2D eigenvalue weighted by molar-refractivity contribution is 9.13. The molecule has 0 radical (unpaired) electrons. The lowest BCUT2D eigenvalue weighted by atomic mass is 10.2. The predicted octanol–water partition coefficient (Wildman–Crippen LogP) is 6.36. The SMILES string of the molecule is Cc1ccc(Oc2cccc(OS(=O)(=O)CCCC(F)(F)F)c2)c(Br)c1Br. The molecule has 0 heterocycles. The number of rotatable bonds is 7. The van der Waals surface area contributed by atoms with Crippen LogP contribution < -0.4 is 8.92 Å². The molecule has 0 atom stereocenters. The van der Waals surface area contributed by atoms with E-state index in [-0.39, 0.29) is 5.75 Å². The van der Waals surface area contributed by atoms with Crippen LogP contribution in [0.15, 0.2) is 45.3 Å². The summed E-state index contributed by atoms with van der Waals surface area (Å²) in [5, 5.41) is 0. The van der Waals surface area contributed by atoms with Crippen LogP contribution in [0.25, 0.3) is 0 Å². The van der Waals surface area contributed by atoms with E-state index in [4.69, 9.17) is 8.92 Å². The number of aryl methyl sites for hydroxylation is 1. The van der Waals surface area contributed by atoms with Crippen LogP contribution in [-0.2, 0) is 10.1 Å². The number of benzene rings is 2. The minimum absolute atomic E-state index is 0.0400. The maximum Gasteiger partial charge on any atom is 0.389 e. The molecule has 0 saturated heterocycles. The van der Waals surface area contributed by atoms with Crippen molar-refractivity contribution in [1.29, 1.82) is 0 Å². The van der Waals surface area contributed by atoms with Crippen molar-refractivity contribution in [3.63, 3.8) is 0 Å². The van der Waals surface area contributed by atoms with Gasteiger partial charge in [-0.25, -0.2) is 0 Å². The molecule has 2 aromatic rings. The minimum atomic E-state index is -4.40. The standard InChI is InChI=1S/C17H15Br2F3O4S/c1-11-6-7-14(16(19)15(11)18)25-12-4-2-5-13(10-12)26-27(23,24)9-3-8-17(20,21)22/h2,4-7,10H,3,8-9H2,1H3. The summed E-state index contributed by atoms with van der Waals surface area (Å²) in [6.07, 6.45) is -6.15. The quantitative estimate of drug-likeness (QED) is 0.390. The van der Waals surface area contributed by atoms with Crippen LogP contribution in [0.2, 0.25) is 0 Å². The van der Waals surface area contributed by atoms with Gasteiger partial charge in [0.15, 0.2) is 0 Å². The molecule has 4 nitrogen and oxygen atoms in total. The lowest BCUT2D eigenvalue weighted by Gasteiger charge is -2.12. The Bertz CT molecular complexity index is 915. The number of halogens is 5. The van der Waals surface area contributed by atoms with Gasteiger partial charge in [-0.15, -0.1) is 0 Å². The van der Waals surface area contributed by atoms with Crippen molar-refractivity contribution in [2.24, 2.45) is 0 Å². The van der Waals surface area contributed by atoms with Gasteiger partial charge in [-0.3, -0.25) is 0 Å². The van der Waals surface area contributed by atoms with Crippen LogP contribution in [0.1, 0.15) is 18.4 Å². The molecule has 2 rings (SSSR count). The average molecular weight is 532 g/mol. The van der Waals surface area contributed by atoms with Gasteiger partial charge in [-0.05, 0) is 69.0 Å². The van der Waals surface area contributed by atoms with E-state index in [1.54, 1.807) is 12.1 Å². The molecule has 0 aliphatic carbocycles. The summed E-state index contributed by atoms with van der Waals surface area (Å²) in [6.45, 7) is 1.91. The fourth-order valence-corrected chi connectivity index (χ4v) is 3.89. The van der Waals surface area contributed by atoms with Crippen LogP contribution in [0, 0.1) is 6.92 Å². The summed E-state index contributed by atoms with van der Waals surface area (Å²) in [7, 11) is -4.14. The normalized spacial score (nSPS) is 12.1. The van der Waals surface area contributed by atoms with Crippen molar-refractivity contribution < 1.29 is 30.5 Å². The third-order valence-corrected chi connectivity index (χ3v) is 6.93. The van der Waals surface area contributed by atoms with Gasteiger partial charge in [0.05, 0.1) is 10.2 Å². The first-order valence-electron chi connectivity index (χ1n) is 7.68. The topological polar surface area (TPSA) is 52.6 Å². The summed E-state index contributed by atoms with van der Waals surface area (Å²) < 4.78 is 72.2. The average Bonchev–Trinajstić information content (AvgIpc) is 2.54. The van der Waals surface area contributed by atoms with Gasteiger partial charge in [0.2, 0.25) is 0 Å². The van der Waals surface area contributed by atoms with Crippen molar-refractivity contribution in [3.8, 4) is 17.2 Å². The smallest absolute Gasteiger partial charge is 0.389 e. The van der Waals surface area contributed by atoms with E-state index >= 15 is 0 Å². The van der Waals surface area contributed by atoms with Crippen LogP contribution in [0.3, 0.4) is 0 Å². The van der Waals surface area contributed by atoms with Crippen LogP contribution in [0.4, 0.5) is 13.2 Å². The zero-order valence-corrected chi connectivity index (χ0v) is 18.0. The van der Waals surface area contributed by atoms with Crippen molar-refractivity contribution in [2.75, 3.05) is 5.75 Å². The van der Waals surface area contributed by atoms with E-state index in [2.05, 4.69) is 31.9 Å². The first-order chi connectivity index (χ1) is 12.5. The zero-order chi connectivity index (χ0) is 20.2. The largest absolute Gasteiger partial charge is 0.456 e. The van der Waals surface area contributed by atoms with E-state index in [0.29, 0.717) is 16.0 Å². The fourth-order valence-electron chi connectivity index (χ4n) is 2.06. The van der Waals surface area contributed by atoms with Gasteiger partial charge in [0.1, 0.15) is 17.2 Å². The second kappa shape index (κ2) is 8.83. The molecular formula is C17H15Br2F3O4S. The van der Waals surface area contributed by atoms with Gasteiger partial charge in [0.25, 0.3) is 0 Å². The Morgan fingerprint density at radius 3 is 2.37 bits per heavy atom. The minimum Gasteiger partial charge on any atom is -0.456 e. The number of hydrogen-bond acceptors (Lipinski definition) is 4. The molecule has 0 fully saturated rings. The van der Waals surface area contributed by atoms with Crippen LogP contribution in [0.5, 0.6) is 17.2 Å². The molecule has 0 aliphatic heterocycles. The summed E-state index contributed by atoms with van der Waals surface area (Å²) in [5.41, 5.74) is 0.997. The second-order valence-electron chi connectivity index (χ2n) is 5.65. The molecule has 0 aromatic heterocycles. The summed E-state index contributed by atoms with van der Waals surface area (Å²) in [6, 6.07) is 9.44. The highest BCUT2D eigenvalue weighted by Gasteiger charge is 2.27. The first-order valence-corrected chi connectivity index (χ1v) is 10.8. The number of ether oxygens (including phenoxy) is 1. The van der Waals surface area contributed by atoms with E-state index in [1.807, 2.05) is 13.0 Å². The Morgan fingerprint density at radius 2 is 1.70 bits per heavy atom. The van der Waals surface area contributed by atoms with Gasteiger partial charge < -0.3 is 8.92 Å². The van der Waals surface area contributed by atoms with E-state index in [1.165, 1.54) is 18.2 Å². The van der Waals surface area contributed by atoms with Crippen molar-refractivity contribution in [1.82, 2.24) is 0 Å². The van der Waals surface area contributed by atoms with E-state index < -0.39 is 34.9 Å². The van der Waals surface area contributed by atoms with Gasteiger partial charge in [0, 0.05) is 17.0 Å². The van der Waals surface area contributed by atoms with E-state index in [9.17, 15) is 21.6 Å². The molecule has 10 heteroatoms. The maximum atomic E-state index is 12.1. The zero-order valence-electron chi connectivity index (χ0n) is 14.0. The molecule has 0 unspecified atom stereocenters. The molecule has 2 aromatic carbocycles. The molecule has 0 amide bonds. The van der Waals surface area contributed by atoms with Crippen molar-refractivity contribution in [2.45, 2.75) is 25.9 Å². The van der Waals surface area contributed by atoms with Gasteiger partial charge >= 0.3 is 16.3 Å². The highest BCUT2D eigenvalue weighted by Crippen LogP contribution is 2.38. The molecule has 27 heavy (non-hydrogen) atoms. The summed E-state index contributed by atoms with van der Waals surface area (Å²) in [4.78, 5) is 0. The third kappa shape index (κ3) is 7.00. The Balaban J connectivity index is 2.08. The van der Waals surface area contributed by atoms with Crippen molar-refractivity contribution >= 4 is 42.0 Å². The Hall–Kier alpha value is -1.26. The molecular weight excluding hydrogens is 517 g/mol. The third-order valence-electron chi connectivity index (χ3n) is 3.35. The lowest BCUT2D eigenvalue weighted by molar-refractivity contribution is -0.134. The monoisotopic (exact) mass is 530 g/mol. The first kappa shape index (κ1) is 22.0. The number of alkyl halides is 3. The summed E-state index contributed by atoms with van der Waals surface area (Å²) >= 11 is 6.83. The van der Waals surface area contributed by atoms with E-state index in [0.717, 1.165) is 10.0 Å². The van der Waals surface area contributed by atoms with Crippen LogP contribution >= 0.6 is 31.9 Å². The van der Waals surface area contributed by atoms with Gasteiger partial charge in [-0.1, -0.05) is 12.1 Å². The molecule has 0 aliphatic rings. The second-order valence-corrected chi connectivity index (χ2v) is 8.93. The molecule has 0 saturated carbocycles. The highest BCUT2D eigenvalue weighted by atomic mass is 79.9. The number of hydrogen-bond donors (Lipinski definition) is 0. The summed E-state index contributed by atoms with van der Waals surface area (Å²) in [5.74, 6) is 0.0440. The molecule has 0 spiro atoms. The molecule has 0 N–H and O–H groups in total. The fraction of sp³-hybridized carbons (Fsp3) is 0.294. The predicted molar refractivity (Wildman–Crippen MR) is 103 cm³/mol. The van der Waals surface area contributed by atoms with Crippen molar-refractivity contribution in [3.05, 3.63) is 50.9 Å². The lowest BCUT2D eigenvalue weighted by Crippen LogP contribution is -2.16. The molecule has 0 bridgehead atoms. The Morgan fingerprint density at radius 1 is 1.04 bits per heavy atom. The Kier molecular flexibility index (Phi) is 7.20. The maximum absolute atomic E-state index is 12.1. The van der Waals surface area contributed by atoms with Gasteiger partial charge in [-0.2, -0.15) is 21.6 Å².